The van der Waals surface area contributed by atoms with Crippen LogP contribution in [0.5, 0.6) is 5.75 Å². The number of benzene rings is 3. The van der Waals surface area contributed by atoms with Crippen LogP contribution in [0.15, 0.2) is 82.6 Å². The molecular formula is C28H32ClN3O7S2. The van der Waals surface area contributed by atoms with Crippen LogP contribution in [0.1, 0.15) is 24.2 Å². The third kappa shape index (κ3) is 6.84. The van der Waals surface area contributed by atoms with Crippen LogP contribution in [0.25, 0.3) is 0 Å². The number of amides is 1. The van der Waals surface area contributed by atoms with Crippen LogP contribution in [0.4, 0.5) is 5.69 Å². The van der Waals surface area contributed by atoms with E-state index in [0.29, 0.717) is 5.02 Å². The Labute approximate surface area is 245 Å². The van der Waals surface area contributed by atoms with Gasteiger partial charge in [-0.15, -0.1) is 0 Å². The highest BCUT2D eigenvalue weighted by Gasteiger charge is 2.35. The molecule has 4 rings (SSSR count). The molecule has 0 fully saturated rings. The number of fused-ring (bicyclic) bond motifs is 1. The lowest BCUT2D eigenvalue weighted by atomic mass is 9.99. The minimum absolute atomic E-state index is 0.0382. The van der Waals surface area contributed by atoms with Crippen molar-refractivity contribution >= 4 is 43.2 Å². The average molecular weight is 622 g/mol. The van der Waals surface area contributed by atoms with Gasteiger partial charge in [-0.05, 0) is 61.5 Å². The molecule has 0 saturated carbocycles. The largest absolute Gasteiger partial charge is 0.488 e. The van der Waals surface area contributed by atoms with E-state index in [2.05, 4.69) is 4.72 Å². The molecule has 1 aliphatic heterocycles. The first kappa shape index (κ1) is 30.8. The third-order valence-corrected chi connectivity index (χ3v) is 10.4. The third-order valence-electron chi connectivity index (χ3n) is 6.93. The van der Waals surface area contributed by atoms with E-state index in [9.17, 15) is 26.7 Å². The number of carbonyl (C=O) groups is 1. The normalized spacial score (nSPS) is 18.7. The van der Waals surface area contributed by atoms with E-state index in [1.54, 1.807) is 25.1 Å². The quantitative estimate of drug-likeness (QED) is 0.372. The van der Waals surface area contributed by atoms with Gasteiger partial charge in [-0.2, -0.15) is 4.31 Å². The van der Waals surface area contributed by atoms with Gasteiger partial charge in [-0.3, -0.25) is 9.52 Å². The molecule has 13 heteroatoms. The smallest absolute Gasteiger partial charge is 0.261 e. The Balaban J connectivity index is 1.68. The van der Waals surface area contributed by atoms with Crippen molar-refractivity contribution in [2.24, 2.45) is 5.92 Å². The number of carbonyl (C=O) groups excluding carboxylic acids is 1. The van der Waals surface area contributed by atoms with Crippen LogP contribution in [0.3, 0.4) is 0 Å². The standard InChI is InChI=1S/C28H32ClN3O7S2/c1-19-16-32(20(2)18-33)28(34)25-15-22(30-40(35,36)23-7-5-4-6-8-23)11-14-26(25)39-27(19)17-31(3)41(37,38)24-12-9-21(29)10-13-24/h4-15,19-20,27,30,33H,16-18H2,1-3H3/t19-,20+,27+/m0/s1. The summed E-state index contributed by atoms with van der Waals surface area (Å²) < 4.78 is 62.2. The summed E-state index contributed by atoms with van der Waals surface area (Å²) in [6.45, 7) is 3.36. The van der Waals surface area contributed by atoms with Crippen molar-refractivity contribution in [1.82, 2.24) is 9.21 Å². The van der Waals surface area contributed by atoms with Gasteiger partial charge in [-0.1, -0.05) is 36.7 Å². The van der Waals surface area contributed by atoms with E-state index in [0.717, 1.165) is 0 Å². The minimum atomic E-state index is -3.93. The zero-order valence-corrected chi connectivity index (χ0v) is 25.2. The Morgan fingerprint density at radius 3 is 2.34 bits per heavy atom. The number of hydrogen-bond donors (Lipinski definition) is 2. The number of halogens is 1. The molecule has 1 heterocycles. The summed E-state index contributed by atoms with van der Waals surface area (Å²) in [6, 6.07) is 17.4. The number of likely N-dealkylation sites (N-methyl/N-ethyl adjacent to an activating group) is 1. The van der Waals surface area contributed by atoms with E-state index in [1.165, 1.54) is 70.9 Å². The van der Waals surface area contributed by atoms with Crippen molar-refractivity contribution in [2.75, 3.05) is 31.5 Å². The lowest BCUT2D eigenvalue weighted by Gasteiger charge is -2.38. The van der Waals surface area contributed by atoms with Crippen LogP contribution >= 0.6 is 11.6 Å². The van der Waals surface area contributed by atoms with Crippen LogP contribution in [0.2, 0.25) is 5.02 Å². The van der Waals surface area contributed by atoms with Crippen LogP contribution in [-0.4, -0.2) is 75.9 Å². The van der Waals surface area contributed by atoms with Gasteiger partial charge in [0, 0.05) is 30.2 Å². The molecule has 2 N–H and O–H groups in total. The Hall–Kier alpha value is -3.16. The maximum absolute atomic E-state index is 13.7. The SMILES string of the molecule is C[C@H](CO)N1C[C@H](C)[C@@H](CN(C)S(=O)(=O)c2ccc(Cl)cc2)Oc2ccc(NS(=O)(=O)c3ccccc3)cc2C1=O. The van der Waals surface area contributed by atoms with Crippen LogP contribution in [0, 0.1) is 5.92 Å². The van der Waals surface area contributed by atoms with E-state index >= 15 is 0 Å². The molecular weight excluding hydrogens is 590 g/mol. The number of rotatable bonds is 9. The second-order valence-corrected chi connectivity index (χ2v) is 14.2. The zero-order chi connectivity index (χ0) is 29.9. The van der Waals surface area contributed by atoms with Crippen molar-refractivity contribution in [3.63, 3.8) is 0 Å². The first-order valence-corrected chi connectivity index (χ1v) is 16.2. The highest BCUT2D eigenvalue weighted by molar-refractivity contribution is 7.92. The number of anilines is 1. The van der Waals surface area contributed by atoms with E-state index < -0.39 is 38.1 Å². The molecule has 0 bridgehead atoms. The number of aliphatic hydroxyl groups is 1. The predicted molar refractivity (Wildman–Crippen MR) is 156 cm³/mol. The molecule has 1 aliphatic rings. The lowest BCUT2D eigenvalue weighted by Crippen LogP contribution is -2.50. The molecule has 0 unspecified atom stereocenters. The minimum Gasteiger partial charge on any atom is -0.488 e. The summed E-state index contributed by atoms with van der Waals surface area (Å²) in [7, 11) is -6.36. The zero-order valence-electron chi connectivity index (χ0n) is 22.8. The molecule has 0 radical (unpaired) electrons. The average Bonchev–Trinajstić information content (AvgIpc) is 2.95. The highest BCUT2D eigenvalue weighted by atomic mass is 35.5. The summed E-state index contributed by atoms with van der Waals surface area (Å²) in [5, 5.41) is 10.3. The molecule has 0 aliphatic carbocycles. The van der Waals surface area contributed by atoms with Gasteiger partial charge in [0.2, 0.25) is 10.0 Å². The van der Waals surface area contributed by atoms with Crippen LogP contribution in [-0.2, 0) is 20.0 Å². The molecule has 41 heavy (non-hydrogen) atoms. The first-order chi connectivity index (χ1) is 19.3. The van der Waals surface area contributed by atoms with Crippen LogP contribution < -0.4 is 9.46 Å². The highest BCUT2D eigenvalue weighted by Crippen LogP contribution is 2.32. The van der Waals surface area contributed by atoms with E-state index in [-0.39, 0.29) is 52.4 Å². The van der Waals surface area contributed by atoms with Gasteiger partial charge >= 0.3 is 0 Å². The van der Waals surface area contributed by atoms with Gasteiger partial charge in [-0.25, -0.2) is 16.8 Å². The van der Waals surface area contributed by atoms with Gasteiger partial charge in [0.15, 0.2) is 0 Å². The van der Waals surface area contributed by atoms with Gasteiger partial charge in [0.1, 0.15) is 11.9 Å². The molecule has 10 nitrogen and oxygen atoms in total. The number of ether oxygens (including phenoxy) is 1. The predicted octanol–water partition coefficient (Wildman–Crippen LogP) is 3.68. The number of hydrogen-bond acceptors (Lipinski definition) is 7. The molecule has 1 amide bonds. The molecule has 220 valence electrons. The Morgan fingerprint density at radius 2 is 1.71 bits per heavy atom. The fourth-order valence-corrected chi connectivity index (χ4v) is 6.84. The summed E-state index contributed by atoms with van der Waals surface area (Å²) in [5.41, 5.74) is 0.229. The van der Waals surface area contributed by atoms with Gasteiger partial charge in [0.25, 0.3) is 15.9 Å². The maximum Gasteiger partial charge on any atom is 0.261 e. The maximum atomic E-state index is 13.7. The summed E-state index contributed by atoms with van der Waals surface area (Å²) in [5.74, 6) is -0.614. The number of aliphatic hydroxyl groups excluding tert-OH is 1. The Bertz CT molecular complexity index is 1600. The summed E-state index contributed by atoms with van der Waals surface area (Å²) in [4.78, 5) is 15.3. The fraction of sp³-hybridized carbons (Fsp3) is 0.321. The molecule has 3 aromatic rings. The van der Waals surface area contributed by atoms with Gasteiger partial charge in [0.05, 0.1) is 34.5 Å². The second-order valence-electron chi connectivity index (χ2n) is 9.99. The van der Waals surface area contributed by atoms with E-state index in [1.807, 2.05) is 6.92 Å². The van der Waals surface area contributed by atoms with Crippen molar-refractivity contribution in [3.8, 4) is 5.75 Å². The molecule has 0 aromatic heterocycles. The topological polar surface area (TPSA) is 133 Å². The molecule has 3 atom stereocenters. The molecule has 3 aromatic carbocycles. The van der Waals surface area contributed by atoms with Crippen molar-refractivity contribution in [3.05, 3.63) is 83.4 Å². The van der Waals surface area contributed by atoms with Crippen molar-refractivity contribution < 1.29 is 31.5 Å². The fourth-order valence-electron chi connectivity index (χ4n) is 4.46. The first-order valence-electron chi connectivity index (χ1n) is 12.9. The van der Waals surface area contributed by atoms with Crippen molar-refractivity contribution in [1.29, 1.82) is 0 Å². The number of sulfonamides is 2. The van der Waals surface area contributed by atoms with Crippen molar-refractivity contribution in [2.45, 2.75) is 35.8 Å². The summed E-state index contributed by atoms with van der Waals surface area (Å²) in [6.07, 6.45) is -0.686. The Morgan fingerprint density at radius 1 is 1.05 bits per heavy atom. The number of nitrogens with zero attached hydrogens (tertiary/aromatic N) is 2. The number of nitrogens with one attached hydrogen (secondary N) is 1. The summed E-state index contributed by atoms with van der Waals surface area (Å²) >= 11 is 5.92. The molecule has 0 saturated heterocycles. The van der Waals surface area contributed by atoms with Gasteiger partial charge < -0.3 is 14.7 Å². The second kappa shape index (κ2) is 12.4. The lowest BCUT2D eigenvalue weighted by molar-refractivity contribution is 0.0387. The van der Waals surface area contributed by atoms with E-state index in [4.69, 9.17) is 16.3 Å². The molecule has 0 spiro atoms. The monoisotopic (exact) mass is 621 g/mol. The Kier molecular flexibility index (Phi) is 9.29.